The lowest BCUT2D eigenvalue weighted by molar-refractivity contribution is 0.477. The number of aromatic nitrogens is 2. The molecule has 1 N–H and O–H groups in total. The van der Waals surface area contributed by atoms with E-state index in [9.17, 15) is 0 Å². The van der Waals surface area contributed by atoms with Crippen molar-refractivity contribution in [2.24, 2.45) is 0 Å². The highest BCUT2D eigenvalue weighted by atomic mass is 16.5. The van der Waals surface area contributed by atoms with Crippen molar-refractivity contribution in [3.05, 3.63) is 42.2 Å². The molecule has 1 aromatic carbocycles. The fourth-order valence-corrected chi connectivity index (χ4v) is 2.39. The molecule has 1 fully saturated rings. The first-order valence-corrected chi connectivity index (χ1v) is 7.33. The molecular formula is C16H20N4O. The summed E-state index contributed by atoms with van der Waals surface area (Å²) in [5, 5.41) is 3.37. The molecule has 110 valence electrons. The Morgan fingerprint density at radius 1 is 1.10 bits per heavy atom. The third-order valence-corrected chi connectivity index (χ3v) is 3.46. The molecule has 0 saturated carbocycles. The molecule has 0 unspecified atom stereocenters. The summed E-state index contributed by atoms with van der Waals surface area (Å²) in [5.74, 6) is 2.25. The SMILES string of the molecule is Cc1cccc(Oc2cnc(N3CCCNCC3)nc2)c1. The number of anilines is 1. The molecule has 3 rings (SSSR count). The third kappa shape index (κ3) is 3.70. The van der Waals surface area contributed by atoms with Crippen molar-refractivity contribution in [2.45, 2.75) is 13.3 Å². The Kier molecular flexibility index (Phi) is 4.31. The zero-order valence-electron chi connectivity index (χ0n) is 12.2. The molecular weight excluding hydrogens is 264 g/mol. The van der Waals surface area contributed by atoms with Gasteiger partial charge in [-0.05, 0) is 37.6 Å². The second-order valence-electron chi connectivity index (χ2n) is 5.23. The molecule has 2 heterocycles. The van der Waals surface area contributed by atoms with Crippen LogP contribution >= 0.6 is 0 Å². The monoisotopic (exact) mass is 284 g/mol. The molecule has 0 amide bonds. The van der Waals surface area contributed by atoms with Gasteiger partial charge in [-0.25, -0.2) is 9.97 Å². The van der Waals surface area contributed by atoms with E-state index in [0.29, 0.717) is 5.75 Å². The van der Waals surface area contributed by atoms with Gasteiger partial charge in [0.2, 0.25) is 5.95 Å². The molecule has 21 heavy (non-hydrogen) atoms. The summed E-state index contributed by atoms with van der Waals surface area (Å²) >= 11 is 0. The zero-order chi connectivity index (χ0) is 14.5. The molecule has 2 aromatic rings. The fraction of sp³-hybridized carbons (Fsp3) is 0.375. The first kappa shape index (κ1) is 13.8. The minimum absolute atomic E-state index is 0.664. The molecule has 5 nitrogen and oxygen atoms in total. The van der Waals surface area contributed by atoms with E-state index in [1.165, 1.54) is 5.56 Å². The molecule has 0 spiro atoms. The number of hydrogen-bond acceptors (Lipinski definition) is 5. The minimum Gasteiger partial charge on any atom is -0.454 e. The summed E-state index contributed by atoms with van der Waals surface area (Å²) in [4.78, 5) is 11.1. The topological polar surface area (TPSA) is 50.3 Å². The van der Waals surface area contributed by atoms with E-state index in [0.717, 1.165) is 44.3 Å². The van der Waals surface area contributed by atoms with Crippen molar-refractivity contribution in [1.82, 2.24) is 15.3 Å². The number of nitrogens with one attached hydrogen (secondary N) is 1. The van der Waals surface area contributed by atoms with E-state index in [-0.39, 0.29) is 0 Å². The summed E-state index contributed by atoms with van der Waals surface area (Å²) in [6.07, 6.45) is 4.59. The zero-order valence-corrected chi connectivity index (χ0v) is 12.2. The summed E-state index contributed by atoms with van der Waals surface area (Å²) in [6.45, 7) is 6.01. The van der Waals surface area contributed by atoms with E-state index in [1.807, 2.05) is 31.2 Å². The van der Waals surface area contributed by atoms with Crippen molar-refractivity contribution >= 4 is 5.95 Å². The Balaban J connectivity index is 1.68. The van der Waals surface area contributed by atoms with Crippen molar-refractivity contribution in [1.29, 1.82) is 0 Å². The van der Waals surface area contributed by atoms with Gasteiger partial charge < -0.3 is 15.0 Å². The van der Waals surface area contributed by atoms with Gasteiger partial charge in [-0.2, -0.15) is 0 Å². The second kappa shape index (κ2) is 6.54. The fourth-order valence-electron chi connectivity index (χ4n) is 2.39. The molecule has 0 aliphatic carbocycles. The van der Waals surface area contributed by atoms with Gasteiger partial charge in [-0.1, -0.05) is 12.1 Å². The number of rotatable bonds is 3. The molecule has 1 aliphatic rings. The van der Waals surface area contributed by atoms with Gasteiger partial charge >= 0.3 is 0 Å². The molecule has 1 aliphatic heterocycles. The predicted octanol–water partition coefficient (Wildman–Crippen LogP) is 2.38. The van der Waals surface area contributed by atoms with Crippen LogP contribution in [0, 0.1) is 6.92 Å². The molecule has 0 atom stereocenters. The van der Waals surface area contributed by atoms with Gasteiger partial charge in [0.1, 0.15) is 5.75 Å². The van der Waals surface area contributed by atoms with Gasteiger partial charge in [0.15, 0.2) is 5.75 Å². The highest BCUT2D eigenvalue weighted by Gasteiger charge is 2.12. The number of benzene rings is 1. The maximum Gasteiger partial charge on any atom is 0.225 e. The number of ether oxygens (including phenoxy) is 1. The van der Waals surface area contributed by atoms with Crippen molar-refractivity contribution in [3.63, 3.8) is 0 Å². The van der Waals surface area contributed by atoms with Crippen LogP contribution in [0.4, 0.5) is 5.95 Å². The molecule has 5 heteroatoms. The van der Waals surface area contributed by atoms with E-state index in [4.69, 9.17) is 4.74 Å². The normalized spacial score (nSPS) is 15.6. The Labute approximate surface area is 125 Å². The maximum atomic E-state index is 5.77. The van der Waals surface area contributed by atoms with Crippen molar-refractivity contribution in [2.75, 3.05) is 31.1 Å². The van der Waals surface area contributed by atoms with Crippen LogP contribution in [0.1, 0.15) is 12.0 Å². The quantitative estimate of drug-likeness (QED) is 0.938. The van der Waals surface area contributed by atoms with Crippen LogP contribution in [0.25, 0.3) is 0 Å². The Morgan fingerprint density at radius 3 is 2.76 bits per heavy atom. The minimum atomic E-state index is 0.664. The van der Waals surface area contributed by atoms with Gasteiger partial charge in [-0.3, -0.25) is 0 Å². The Hall–Kier alpha value is -2.14. The van der Waals surface area contributed by atoms with Crippen LogP contribution in [0.15, 0.2) is 36.7 Å². The first-order chi connectivity index (χ1) is 10.3. The Morgan fingerprint density at radius 2 is 1.95 bits per heavy atom. The average Bonchev–Trinajstić information content (AvgIpc) is 2.77. The second-order valence-corrected chi connectivity index (χ2v) is 5.23. The molecule has 1 saturated heterocycles. The van der Waals surface area contributed by atoms with Gasteiger partial charge in [0.25, 0.3) is 0 Å². The summed E-state index contributed by atoms with van der Waals surface area (Å²) in [6, 6.07) is 7.94. The smallest absolute Gasteiger partial charge is 0.225 e. The van der Waals surface area contributed by atoms with Gasteiger partial charge in [-0.15, -0.1) is 0 Å². The van der Waals surface area contributed by atoms with Crippen LogP contribution in [-0.2, 0) is 0 Å². The van der Waals surface area contributed by atoms with Crippen LogP contribution in [0.2, 0.25) is 0 Å². The predicted molar refractivity (Wildman–Crippen MR) is 83.0 cm³/mol. The van der Waals surface area contributed by atoms with Crippen LogP contribution in [0.5, 0.6) is 11.5 Å². The van der Waals surface area contributed by atoms with E-state index in [2.05, 4.69) is 20.2 Å². The largest absolute Gasteiger partial charge is 0.454 e. The summed E-state index contributed by atoms with van der Waals surface area (Å²) < 4.78 is 5.77. The summed E-state index contributed by atoms with van der Waals surface area (Å²) in [7, 11) is 0. The maximum absolute atomic E-state index is 5.77. The average molecular weight is 284 g/mol. The number of aryl methyl sites for hydroxylation is 1. The summed E-state index contributed by atoms with van der Waals surface area (Å²) in [5.41, 5.74) is 1.17. The molecule has 1 aromatic heterocycles. The lowest BCUT2D eigenvalue weighted by atomic mass is 10.2. The molecule has 0 bridgehead atoms. The van der Waals surface area contributed by atoms with Crippen LogP contribution < -0.4 is 15.0 Å². The van der Waals surface area contributed by atoms with Crippen LogP contribution in [-0.4, -0.2) is 36.1 Å². The van der Waals surface area contributed by atoms with Crippen LogP contribution in [0.3, 0.4) is 0 Å². The van der Waals surface area contributed by atoms with Gasteiger partial charge in [0.05, 0.1) is 12.4 Å². The number of hydrogen-bond donors (Lipinski definition) is 1. The standard InChI is InChI=1S/C16H20N4O/c1-13-4-2-5-14(10-13)21-15-11-18-16(19-12-15)20-8-3-6-17-7-9-20/h2,4-5,10-12,17H,3,6-9H2,1H3. The van der Waals surface area contributed by atoms with Crippen molar-refractivity contribution in [3.8, 4) is 11.5 Å². The highest BCUT2D eigenvalue weighted by Crippen LogP contribution is 2.21. The van der Waals surface area contributed by atoms with E-state index in [1.54, 1.807) is 12.4 Å². The first-order valence-electron chi connectivity index (χ1n) is 7.33. The third-order valence-electron chi connectivity index (χ3n) is 3.46. The van der Waals surface area contributed by atoms with E-state index >= 15 is 0 Å². The van der Waals surface area contributed by atoms with Crippen molar-refractivity contribution < 1.29 is 4.74 Å². The Bertz CT molecular complexity index is 577. The highest BCUT2D eigenvalue weighted by molar-refractivity contribution is 5.35. The number of nitrogens with zero attached hydrogens (tertiary/aromatic N) is 3. The lowest BCUT2D eigenvalue weighted by Crippen LogP contribution is -2.29. The van der Waals surface area contributed by atoms with Gasteiger partial charge in [0, 0.05) is 19.6 Å². The molecule has 0 radical (unpaired) electrons. The van der Waals surface area contributed by atoms with E-state index < -0.39 is 0 Å². The lowest BCUT2D eigenvalue weighted by Gasteiger charge is -2.19.